The summed E-state index contributed by atoms with van der Waals surface area (Å²) < 4.78 is 71.2. The maximum Gasteiger partial charge on any atom is 0.417 e. The smallest absolute Gasteiger partial charge is 0.417 e. The van der Waals surface area contributed by atoms with Crippen molar-refractivity contribution >= 4 is 33.5 Å². The van der Waals surface area contributed by atoms with E-state index in [0.29, 0.717) is 5.76 Å². The van der Waals surface area contributed by atoms with Gasteiger partial charge in [0, 0.05) is 0 Å². The van der Waals surface area contributed by atoms with Crippen molar-refractivity contribution in [3.05, 3.63) is 82.3 Å². The largest absolute Gasteiger partial charge is 0.459 e. The molecule has 0 aliphatic rings. The number of nitrogens with zero attached hydrogens (tertiary/aromatic N) is 1. The van der Waals surface area contributed by atoms with E-state index in [1.165, 1.54) is 30.5 Å². The zero-order chi connectivity index (χ0) is 21.9. The third-order valence-electron chi connectivity index (χ3n) is 4.05. The fourth-order valence-corrected chi connectivity index (χ4v) is 3.69. The number of hydrogen-bond acceptors (Lipinski definition) is 4. The number of sulfonamides is 1. The highest BCUT2D eigenvalue weighted by atomic mass is 35.5. The summed E-state index contributed by atoms with van der Waals surface area (Å²) in [6.45, 7) is 1.76. The van der Waals surface area contributed by atoms with Crippen LogP contribution in [0, 0.1) is 6.92 Å². The van der Waals surface area contributed by atoms with Crippen molar-refractivity contribution in [2.45, 2.75) is 24.5 Å². The quantitative estimate of drug-likeness (QED) is 0.498. The maximum absolute atomic E-state index is 12.9. The predicted molar refractivity (Wildman–Crippen MR) is 108 cm³/mol. The Bertz CT molecular complexity index is 1170. The molecular weight excluding hydrogens is 441 g/mol. The van der Waals surface area contributed by atoms with E-state index in [1.54, 1.807) is 18.2 Å². The SMILES string of the molecule is Cc1ccc(S(=O)(=O)NCc2ccc(C=Nc3ccc(Cl)c(C(F)(F)F)c3)o2)cc1. The average Bonchev–Trinajstić information content (AvgIpc) is 3.13. The molecule has 1 heterocycles. The molecule has 10 heteroatoms. The van der Waals surface area contributed by atoms with Crippen LogP contribution in [0.2, 0.25) is 5.02 Å². The van der Waals surface area contributed by atoms with Gasteiger partial charge in [-0.05, 0) is 49.4 Å². The minimum atomic E-state index is -4.59. The molecule has 5 nitrogen and oxygen atoms in total. The van der Waals surface area contributed by atoms with E-state index in [-0.39, 0.29) is 22.9 Å². The van der Waals surface area contributed by atoms with Crippen LogP contribution >= 0.6 is 11.6 Å². The van der Waals surface area contributed by atoms with Gasteiger partial charge in [0.2, 0.25) is 10.0 Å². The highest BCUT2D eigenvalue weighted by Crippen LogP contribution is 2.36. The zero-order valence-electron chi connectivity index (χ0n) is 15.6. The van der Waals surface area contributed by atoms with E-state index >= 15 is 0 Å². The molecule has 0 aliphatic heterocycles. The fourth-order valence-electron chi connectivity index (χ4n) is 2.47. The molecule has 0 saturated heterocycles. The molecule has 0 amide bonds. The number of benzene rings is 2. The molecule has 3 aromatic rings. The number of rotatable bonds is 6. The molecule has 0 bridgehead atoms. The molecule has 1 N–H and O–H groups in total. The average molecular weight is 457 g/mol. The topological polar surface area (TPSA) is 71.7 Å². The van der Waals surface area contributed by atoms with Crippen LogP contribution in [-0.4, -0.2) is 14.6 Å². The molecule has 30 heavy (non-hydrogen) atoms. The molecule has 0 saturated carbocycles. The van der Waals surface area contributed by atoms with E-state index < -0.39 is 26.8 Å². The summed E-state index contributed by atoms with van der Waals surface area (Å²) in [6, 6.07) is 12.7. The predicted octanol–water partition coefficient (Wildman–Crippen LogP) is 5.49. The van der Waals surface area contributed by atoms with Crippen molar-refractivity contribution in [3.8, 4) is 0 Å². The molecule has 0 aliphatic carbocycles. The van der Waals surface area contributed by atoms with Gasteiger partial charge in [-0.15, -0.1) is 0 Å². The van der Waals surface area contributed by atoms with Gasteiger partial charge < -0.3 is 4.42 Å². The van der Waals surface area contributed by atoms with Gasteiger partial charge in [-0.1, -0.05) is 29.3 Å². The molecule has 0 unspecified atom stereocenters. The Labute approximate surface area is 176 Å². The lowest BCUT2D eigenvalue weighted by atomic mass is 10.2. The van der Waals surface area contributed by atoms with Crippen molar-refractivity contribution in [2.24, 2.45) is 4.99 Å². The van der Waals surface area contributed by atoms with Crippen LogP contribution in [-0.2, 0) is 22.7 Å². The second kappa shape index (κ2) is 8.63. The van der Waals surface area contributed by atoms with Crippen molar-refractivity contribution in [1.29, 1.82) is 0 Å². The maximum atomic E-state index is 12.9. The summed E-state index contributed by atoms with van der Waals surface area (Å²) in [5.41, 5.74) is 0.00108. The Morgan fingerprint density at radius 3 is 2.47 bits per heavy atom. The van der Waals surface area contributed by atoms with Gasteiger partial charge in [0.1, 0.15) is 11.5 Å². The van der Waals surface area contributed by atoms with Crippen LogP contribution < -0.4 is 4.72 Å². The van der Waals surface area contributed by atoms with Gasteiger partial charge >= 0.3 is 6.18 Å². The second-order valence-electron chi connectivity index (χ2n) is 6.36. The molecule has 2 aromatic carbocycles. The Kier molecular flexibility index (Phi) is 6.35. The number of alkyl halides is 3. The first-order chi connectivity index (χ1) is 14.0. The molecule has 158 valence electrons. The lowest BCUT2D eigenvalue weighted by molar-refractivity contribution is -0.137. The van der Waals surface area contributed by atoms with E-state index in [1.807, 2.05) is 6.92 Å². The fraction of sp³-hybridized carbons (Fsp3) is 0.150. The number of aliphatic imine (C=N–C) groups is 1. The number of furan rings is 1. The first-order valence-electron chi connectivity index (χ1n) is 8.60. The molecule has 0 fully saturated rings. The van der Waals surface area contributed by atoms with E-state index in [9.17, 15) is 21.6 Å². The second-order valence-corrected chi connectivity index (χ2v) is 8.54. The van der Waals surface area contributed by atoms with Crippen molar-refractivity contribution in [1.82, 2.24) is 4.72 Å². The standard InChI is InChI=1S/C20H16ClF3N2O3S/c1-13-2-7-17(8-3-13)30(27,28)26-12-16-6-5-15(29-16)11-25-14-4-9-19(21)18(10-14)20(22,23)24/h2-11,26H,12H2,1H3. The zero-order valence-corrected chi connectivity index (χ0v) is 17.1. The Morgan fingerprint density at radius 2 is 1.80 bits per heavy atom. The van der Waals surface area contributed by atoms with Crippen molar-refractivity contribution < 1.29 is 26.0 Å². The third-order valence-corrected chi connectivity index (χ3v) is 5.79. The van der Waals surface area contributed by atoms with Gasteiger partial charge in [-0.3, -0.25) is 4.99 Å². The monoisotopic (exact) mass is 456 g/mol. The van der Waals surface area contributed by atoms with Crippen LogP contribution in [0.15, 0.2) is 68.9 Å². The third kappa shape index (κ3) is 5.50. The van der Waals surface area contributed by atoms with Gasteiger partial charge in [0.15, 0.2) is 0 Å². The molecule has 1 aromatic heterocycles. The van der Waals surface area contributed by atoms with Gasteiger partial charge in [-0.25, -0.2) is 13.1 Å². The first-order valence-corrected chi connectivity index (χ1v) is 10.5. The Morgan fingerprint density at radius 1 is 1.10 bits per heavy atom. The van der Waals surface area contributed by atoms with Crippen molar-refractivity contribution in [3.63, 3.8) is 0 Å². The normalized spacial score (nSPS) is 12.6. The minimum absolute atomic E-state index is 0.0461. The molecule has 0 atom stereocenters. The number of halogens is 4. The van der Waals surface area contributed by atoms with E-state index in [4.69, 9.17) is 16.0 Å². The Hall–Kier alpha value is -2.62. The lowest BCUT2D eigenvalue weighted by Crippen LogP contribution is -2.22. The van der Waals surface area contributed by atoms with Crippen LogP contribution in [0.4, 0.5) is 18.9 Å². The van der Waals surface area contributed by atoms with Gasteiger partial charge in [-0.2, -0.15) is 13.2 Å². The Balaban J connectivity index is 1.67. The minimum Gasteiger partial charge on any atom is -0.459 e. The van der Waals surface area contributed by atoms with Crippen LogP contribution in [0.1, 0.15) is 22.6 Å². The van der Waals surface area contributed by atoms with Crippen LogP contribution in [0.3, 0.4) is 0 Å². The van der Waals surface area contributed by atoms with Gasteiger partial charge in [0.05, 0.1) is 33.9 Å². The molecular formula is C20H16ClF3N2O3S. The summed E-state index contributed by atoms with van der Waals surface area (Å²) in [6.07, 6.45) is -3.35. The van der Waals surface area contributed by atoms with Crippen LogP contribution in [0.5, 0.6) is 0 Å². The first kappa shape index (κ1) is 22.1. The summed E-state index contributed by atoms with van der Waals surface area (Å²) in [7, 11) is -3.71. The number of nitrogens with one attached hydrogen (secondary N) is 1. The summed E-state index contributed by atoms with van der Waals surface area (Å²) in [5.74, 6) is 0.572. The molecule has 0 radical (unpaired) electrons. The lowest BCUT2D eigenvalue weighted by Gasteiger charge is -2.08. The summed E-state index contributed by atoms with van der Waals surface area (Å²) >= 11 is 5.58. The summed E-state index contributed by atoms with van der Waals surface area (Å²) in [5, 5.41) is -0.414. The molecule has 0 spiro atoms. The van der Waals surface area contributed by atoms with Crippen LogP contribution in [0.25, 0.3) is 0 Å². The van der Waals surface area contributed by atoms with E-state index in [0.717, 1.165) is 17.7 Å². The van der Waals surface area contributed by atoms with E-state index in [2.05, 4.69) is 9.71 Å². The van der Waals surface area contributed by atoms with Gasteiger partial charge in [0.25, 0.3) is 0 Å². The summed E-state index contributed by atoms with van der Waals surface area (Å²) in [4.78, 5) is 4.08. The number of hydrogen-bond donors (Lipinski definition) is 1. The highest BCUT2D eigenvalue weighted by Gasteiger charge is 2.33. The van der Waals surface area contributed by atoms with Crippen molar-refractivity contribution in [2.75, 3.05) is 0 Å². The molecule has 3 rings (SSSR count). The number of aryl methyl sites for hydroxylation is 1. The highest BCUT2D eigenvalue weighted by molar-refractivity contribution is 7.89.